The van der Waals surface area contributed by atoms with Crippen LogP contribution < -0.4 is 9.64 Å². The molecule has 2 aliphatic rings. The van der Waals surface area contributed by atoms with Crippen LogP contribution in [0.15, 0.2) is 41.8 Å². The van der Waals surface area contributed by atoms with Crippen LogP contribution in [0.2, 0.25) is 0 Å². The fourth-order valence-corrected chi connectivity index (χ4v) is 4.99. The number of hydrogen-bond donors (Lipinski definition) is 0. The SMILES string of the molecule is COc1ccc(N2CCN([C@H]3CCCN(C(=O)Cc4cccs4)C3)CC2)cc1. The van der Waals surface area contributed by atoms with Gasteiger partial charge in [0.15, 0.2) is 0 Å². The van der Waals surface area contributed by atoms with Gasteiger partial charge in [-0.1, -0.05) is 6.07 Å². The summed E-state index contributed by atoms with van der Waals surface area (Å²) in [5, 5.41) is 2.05. The van der Waals surface area contributed by atoms with Crippen LogP contribution in [0.5, 0.6) is 5.75 Å². The minimum atomic E-state index is 0.281. The topological polar surface area (TPSA) is 36.0 Å². The van der Waals surface area contributed by atoms with Gasteiger partial charge in [0.2, 0.25) is 5.91 Å². The highest BCUT2D eigenvalue weighted by molar-refractivity contribution is 7.10. The van der Waals surface area contributed by atoms with E-state index in [0.717, 1.165) is 51.4 Å². The first-order valence-corrected chi connectivity index (χ1v) is 11.0. The molecule has 0 saturated carbocycles. The molecule has 3 heterocycles. The summed E-state index contributed by atoms with van der Waals surface area (Å²) in [6.07, 6.45) is 2.86. The van der Waals surface area contributed by atoms with Crippen molar-refractivity contribution in [1.29, 1.82) is 0 Å². The van der Waals surface area contributed by atoms with Gasteiger partial charge in [-0.2, -0.15) is 0 Å². The van der Waals surface area contributed by atoms with Crippen molar-refractivity contribution in [2.75, 3.05) is 51.3 Å². The summed E-state index contributed by atoms with van der Waals surface area (Å²) in [6.45, 7) is 5.98. The van der Waals surface area contributed by atoms with E-state index in [9.17, 15) is 4.79 Å². The predicted molar refractivity (Wildman–Crippen MR) is 114 cm³/mol. The molecule has 1 amide bonds. The number of hydrogen-bond acceptors (Lipinski definition) is 5. The van der Waals surface area contributed by atoms with Gasteiger partial charge >= 0.3 is 0 Å². The van der Waals surface area contributed by atoms with Gasteiger partial charge in [-0.05, 0) is 48.6 Å². The molecule has 150 valence electrons. The molecule has 2 aliphatic heterocycles. The Hall–Kier alpha value is -2.05. The smallest absolute Gasteiger partial charge is 0.227 e. The summed E-state index contributed by atoms with van der Waals surface area (Å²) >= 11 is 1.67. The Morgan fingerprint density at radius 1 is 1.11 bits per heavy atom. The van der Waals surface area contributed by atoms with E-state index >= 15 is 0 Å². The number of anilines is 1. The number of piperidine rings is 1. The highest BCUT2D eigenvalue weighted by Gasteiger charge is 2.30. The zero-order valence-electron chi connectivity index (χ0n) is 16.5. The average Bonchev–Trinajstić information content (AvgIpc) is 3.27. The number of piperazine rings is 1. The largest absolute Gasteiger partial charge is 0.497 e. The summed E-state index contributed by atoms with van der Waals surface area (Å²) in [6, 6.07) is 12.9. The standard InChI is InChI=1S/C22H29N3O2S/c1-27-20-8-6-18(7-9-20)23-11-13-24(14-12-23)19-4-2-10-25(17-19)22(26)16-21-5-3-15-28-21/h3,5-9,15,19H,2,4,10-14,16-17H2,1H3/t19-/m0/s1. The summed E-state index contributed by atoms with van der Waals surface area (Å²) in [5.74, 6) is 1.18. The number of ether oxygens (including phenoxy) is 1. The Balaban J connectivity index is 1.29. The molecule has 4 rings (SSSR count). The molecule has 1 aromatic carbocycles. The number of benzene rings is 1. The molecule has 5 nitrogen and oxygen atoms in total. The van der Waals surface area contributed by atoms with E-state index < -0.39 is 0 Å². The van der Waals surface area contributed by atoms with Crippen LogP contribution in [0.4, 0.5) is 5.69 Å². The maximum absolute atomic E-state index is 12.7. The summed E-state index contributed by atoms with van der Waals surface area (Å²) < 4.78 is 5.26. The molecule has 0 N–H and O–H groups in total. The van der Waals surface area contributed by atoms with Gasteiger partial charge in [0.1, 0.15) is 5.75 Å². The zero-order chi connectivity index (χ0) is 19.3. The lowest BCUT2D eigenvalue weighted by Gasteiger charge is -2.44. The van der Waals surface area contributed by atoms with Crippen molar-refractivity contribution in [1.82, 2.24) is 9.80 Å². The van der Waals surface area contributed by atoms with E-state index in [2.05, 4.69) is 32.9 Å². The highest BCUT2D eigenvalue weighted by atomic mass is 32.1. The number of thiophene rings is 1. The Kier molecular flexibility index (Phi) is 6.17. The number of amides is 1. The lowest BCUT2D eigenvalue weighted by molar-refractivity contribution is -0.132. The third kappa shape index (κ3) is 4.50. The fourth-order valence-electron chi connectivity index (χ4n) is 4.29. The number of carbonyl (C=O) groups is 1. The Labute approximate surface area is 171 Å². The maximum atomic E-state index is 12.7. The number of rotatable bonds is 5. The quantitative estimate of drug-likeness (QED) is 0.774. The van der Waals surface area contributed by atoms with Crippen molar-refractivity contribution in [3.8, 4) is 5.75 Å². The molecular weight excluding hydrogens is 370 g/mol. The highest BCUT2D eigenvalue weighted by Crippen LogP contribution is 2.23. The first-order valence-electron chi connectivity index (χ1n) is 10.2. The Morgan fingerprint density at radius 3 is 2.57 bits per heavy atom. The third-order valence-electron chi connectivity index (χ3n) is 5.92. The maximum Gasteiger partial charge on any atom is 0.227 e. The van der Waals surface area contributed by atoms with Gasteiger partial charge < -0.3 is 14.5 Å². The van der Waals surface area contributed by atoms with Crippen molar-refractivity contribution < 1.29 is 9.53 Å². The first-order chi connectivity index (χ1) is 13.7. The first kappa shape index (κ1) is 19.3. The Bertz CT molecular complexity index is 755. The molecule has 1 aromatic heterocycles. The van der Waals surface area contributed by atoms with E-state index in [1.807, 2.05) is 23.6 Å². The molecule has 0 unspecified atom stereocenters. The molecule has 2 fully saturated rings. The molecule has 28 heavy (non-hydrogen) atoms. The van der Waals surface area contributed by atoms with Crippen LogP contribution >= 0.6 is 11.3 Å². The second-order valence-electron chi connectivity index (χ2n) is 7.61. The molecular formula is C22H29N3O2S. The molecule has 2 saturated heterocycles. The summed E-state index contributed by atoms with van der Waals surface area (Å²) in [4.78, 5) is 21.0. The van der Waals surface area contributed by atoms with Crippen LogP contribution in [0, 0.1) is 0 Å². The van der Waals surface area contributed by atoms with Crippen molar-refractivity contribution in [2.24, 2.45) is 0 Å². The van der Waals surface area contributed by atoms with E-state index in [1.54, 1.807) is 18.4 Å². The van der Waals surface area contributed by atoms with E-state index in [1.165, 1.54) is 17.0 Å². The van der Waals surface area contributed by atoms with E-state index in [0.29, 0.717) is 12.5 Å². The van der Waals surface area contributed by atoms with Gasteiger partial charge in [0.05, 0.1) is 13.5 Å². The third-order valence-corrected chi connectivity index (χ3v) is 6.80. The molecule has 0 spiro atoms. The van der Waals surface area contributed by atoms with Crippen LogP contribution in [-0.2, 0) is 11.2 Å². The zero-order valence-corrected chi connectivity index (χ0v) is 17.4. The van der Waals surface area contributed by atoms with Crippen LogP contribution in [0.3, 0.4) is 0 Å². The lowest BCUT2D eigenvalue weighted by atomic mass is 10.0. The van der Waals surface area contributed by atoms with Gasteiger partial charge in [0, 0.05) is 55.9 Å². The number of carbonyl (C=O) groups excluding carboxylic acids is 1. The van der Waals surface area contributed by atoms with Gasteiger partial charge in [-0.15, -0.1) is 11.3 Å². The van der Waals surface area contributed by atoms with Gasteiger partial charge in [-0.25, -0.2) is 0 Å². The fraction of sp³-hybridized carbons (Fsp3) is 0.500. The van der Waals surface area contributed by atoms with Crippen LogP contribution in [-0.4, -0.2) is 68.1 Å². The number of methoxy groups -OCH3 is 1. The minimum absolute atomic E-state index is 0.281. The van der Waals surface area contributed by atoms with Gasteiger partial charge in [-0.3, -0.25) is 9.69 Å². The molecule has 1 atom stereocenters. The number of likely N-dealkylation sites (tertiary alicyclic amines) is 1. The molecule has 2 aromatic rings. The molecule has 6 heteroatoms. The molecule has 0 aliphatic carbocycles. The summed E-state index contributed by atoms with van der Waals surface area (Å²) in [7, 11) is 1.70. The molecule has 0 bridgehead atoms. The average molecular weight is 400 g/mol. The second kappa shape index (κ2) is 8.97. The van der Waals surface area contributed by atoms with Crippen molar-refractivity contribution in [3.05, 3.63) is 46.7 Å². The minimum Gasteiger partial charge on any atom is -0.497 e. The van der Waals surface area contributed by atoms with Crippen molar-refractivity contribution >= 4 is 22.9 Å². The van der Waals surface area contributed by atoms with Crippen LogP contribution in [0.1, 0.15) is 17.7 Å². The van der Waals surface area contributed by atoms with E-state index in [-0.39, 0.29) is 5.91 Å². The van der Waals surface area contributed by atoms with Gasteiger partial charge in [0.25, 0.3) is 0 Å². The summed E-state index contributed by atoms with van der Waals surface area (Å²) in [5.41, 5.74) is 1.26. The lowest BCUT2D eigenvalue weighted by Crippen LogP contribution is -2.56. The van der Waals surface area contributed by atoms with Crippen molar-refractivity contribution in [2.45, 2.75) is 25.3 Å². The Morgan fingerprint density at radius 2 is 1.89 bits per heavy atom. The van der Waals surface area contributed by atoms with Crippen molar-refractivity contribution in [3.63, 3.8) is 0 Å². The van der Waals surface area contributed by atoms with Crippen LogP contribution in [0.25, 0.3) is 0 Å². The molecule has 0 radical (unpaired) electrons. The normalized spacial score (nSPS) is 21.0. The monoisotopic (exact) mass is 399 g/mol. The predicted octanol–water partition coefficient (Wildman–Crippen LogP) is 3.11. The number of nitrogens with zero attached hydrogens (tertiary/aromatic N) is 3. The second-order valence-corrected chi connectivity index (χ2v) is 8.65. The van der Waals surface area contributed by atoms with E-state index in [4.69, 9.17) is 4.74 Å².